The third kappa shape index (κ3) is 195. The van der Waals surface area contributed by atoms with Crippen LogP contribution in [0.25, 0.3) is 0 Å². The Hall–Kier alpha value is 0.540. The zero-order chi connectivity index (χ0) is 5.58. The fourth-order valence-corrected chi connectivity index (χ4v) is 0. The summed E-state index contributed by atoms with van der Waals surface area (Å²) in [5.74, 6) is 1.42. The van der Waals surface area contributed by atoms with Crippen molar-refractivity contribution in [1.82, 2.24) is 0 Å². The Kier molecular flexibility index (Phi) is 14.8. The van der Waals surface area contributed by atoms with E-state index in [1.807, 2.05) is 0 Å². The van der Waals surface area contributed by atoms with Gasteiger partial charge in [0.2, 0.25) is 0 Å². The molecule has 0 aliphatic heterocycles. The number of hydrogen-bond acceptors (Lipinski definition) is 1. The third-order valence-electron chi connectivity index (χ3n) is 0. The van der Waals surface area contributed by atoms with Crippen LogP contribution >= 0.6 is 0 Å². The standard InChI is InChI=1S/C4H9.Nb.O/c1-4(2)3;;/h1-3H3;;/q-1;;. The van der Waals surface area contributed by atoms with E-state index < -0.39 is 0 Å². The number of rotatable bonds is 0. The summed E-state index contributed by atoms with van der Waals surface area (Å²) >= 11 is 0.500. The van der Waals surface area contributed by atoms with E-state index in [1.54, 1.807) is 0 Å². The SMILES string of the molecule is C[C-](C)C.[O]=[Nb]. The van der Waals surface area contributed by atoms with Gasteiger partial charge in [-0.15, -0.1) is 0 Å². The maximum absolute atomic E-state index is 8.30. The van der Waals surface area contributed by atoms with Gasteiger partial charge in [-0.25, -0.2) is 0 Å². The van der Waals surface area contributed by atoms with E-state index in [1.165, 1.54) is 5.92 Å². The molecule has 0 radical (unpaired) electrons. The summed E-state index contributed by atoms with van der Waals surface area (Å²) in [6, 6.07) is 0. The first kappa shape index (κ1) is 9.74. The molecule has 0 saturated heterocycles. The van der Waals surface area contributed by atoms with Gasteiger partial charge in [-0.05, 0) is 0 Å². The van der Waals surface area contributed by atoms with Crippen LogP contribution in [0.3, 0.4) is 0 Å². The molecular weight excluding hydrogens is 157 g/mol. The molecule has 0 amide bonds. The van der Waals surface area contributed by atoms with Crippen LogP contribution in [0.4, 0.5) is 0 Å². The van der Waals surface area contributed by atoms with Crippen LogP contribution < -0.4 is 0 Å². The molecule has 37 valence electrons. The maximum atomic E-state index is 8.30. The zero-order valence-electron chi connectivity index (χ0n) is 4.36. The summed E-state index contributed by atoms with van der Waals surface area (Å²) in [6.45, 7) is 6.25. The second kappa shape index (κ2) is 9.11. The predicted molar refractivity (Wildman–Crippen MR) is 21.0 cm³/mol. The first-order valence-corrected chi connectivity index (χ1v) is 2.58. The second-order valence-electron chi connectivity index (χ2n) is 1.50. The van der Waals surface area contributed by atoms with Gasteiger partial charge in [0.1, 0.15) is 0 Å². The quantitative estimate of drug-likeness (QED) is 0.393. The van der Waals surface area contributed by atoms with Crippen LogP contribution in [0, 0.1) is 5.92 Å². The van der Waals surface area contributed by atoms with Crippen molar-refractivity contribution in [2.24, 2.45) is 0 Å². The first-order chi connectivity index (χ1) is 2.73. The van der Waals surface area contributed by atoms with E-state index in [2.05, 4.69) is 20.8 Å². The monoisotopic (exact) mass is 166 g/mol. The average Bonchev–Trinajstić information content (AvgIpc) is 1.41. The van der Waals surface area contributed by atoms with Crippen LogP contribution in [0.5, 0.6) is 0 Å². The minimum absolute atomic E-state index is 0.500. The van der Waals surface area contributed by atoms with Crippen molar-refractivity contribution in [2.45, 2.75) is 20.8 Å². The summed E-state index contributed by atoms with van der Waals surface area (Å²) in [4.78, 5) is 0. The summed E-state index contributed by atoms with van der Waals surface area (Å²) in [7, 11) is 0. The normalized spacial score (nSPS) is 6.50. The molecular formula is C4H9NbO-. The molecule has 0 aromatic heterocycles. The Morgan fingerprint density at radius 2 is 1.17 bits per heavy atom. The summed E-state index contributed by atoms with van der Waals surface area (Å²) < 4.78 is 8.30. The van der Waals surface area contributed by atoms with Gasteiger partial charge in [0.05, 0.1) is 0 Å². The van der Waals surface area contributed by atoms with Gasteiger partial charge in [0.15, 0.2) is 0 Å². The van der Waals surface area contributed by atoms with Crippen LogP contribution in [0.15, 0.2) is 0 Å². The molecule has 0 bridgehead atoms. The van der Waals surface area contributed by atoms with Gasteiger partial charge in [0, 0.05) is 0 Å². The molecule has 0 spiro atoms. The van der Waals surface area contributed by atoms with E-state index >= 15 is 0 Å². The Morgan fingerprint density at radius 3 is 1.17 bits per heavy atom. The molecule has 6 heavy (non-hydrogen) atoms. The van der Waals surface area contributed by atoms with E-state index in [-0.39, 0.29) is 0 Å². The molecule has 1 nitrogen and oxygen atoms in total. The first-order valence-electron chi connectivity index (χ1n) is 1.68. The molecule has 0 aromatic rings. The van der Waals surface area contributed by atoms with Crippen molar-refractivity contribution in [1.29, 1.82) is 0 Å². The second-order valence-corrected chi connectivity index (χ2v) is 1.50. The fourth-order valence-electron chi connectivity index (χ4n) is 0. The molecule has 0 heterocycles. The Balaban J connectivity index is 0. The molecule has 0 saturated carbocycles. The van der Waals surface area contributed by atoms with Gasteiger partial charge in [-0.2, -0.15) is 20.8 Å². The average molecular weight is 166 g/mol. The molecule has 0 atom stereocenters. The van der Waals surface area contributed by atoms with E-state index in [0.717, 1.165) is 0 Å². The van der Waals surface area contributed by atoms with E-state index in [9.17, 15) is 0 Å². The van der Waals surface area contributed by atoms with E-state index in [0.29, 0.717) is 21.0 Å². The molecule has 0 aliphatic rings. The number of hydrogen-bond donors (Lipinski definition) is 0. The van der Waals surface area contributed by atoms with Crippen LogP contribution in [-0.2, 0) is 24.3 Å². The summed E-state index contributed by atoms with van der Waals surface area (Å²) in [6.07, 6.45) is 0. The van der Waals surface area contributed by atoms with Gasteiger partial charge >= 0.3 is 24.3 Å². The summed E-state index contributed by atoms with van der Waals surface area (Å²) in [5, 5.41) is 0. The van der Waals surface area contributed by atoms with Crippen LogP contribution in [0.1, 0.15) is 20.8 Å². The van der Waals surface area contributed by atoms with Crippen LogP contribution in [0.2, 0.25) is 0 Å². The third-order valence-corrected chi connectivity index (χ3v) is 0. The predicted octanol–water partition coefficient (Wildman–Crippen LogP) is 1.50. The molecule has 0 aromatic carbocycles. The molecule has 0 rings (SSSR count). The molecule has 0 fully saturated rings. The molecule has 0 unspecified atom stereocenters. The van der Waals surface area contributed by atoms with Crippen molar-refractivity contribution in [3.63, 3.8) is 0 Å². The topological polar surface area (TPSA) is 17.1 Å². The fraction of sp³-hybridized carbons (Fsp3) is 0.750. The van der Waals surface area contributed by atoms with Gasteiger partial charge in [-0.3, -0.25) is 0 Å². The van der Waals surface area contributed by atoms with Gasteiger partial charge in [0.25, 0.3) is 0 Å². The zero-order valence-corrected chi connectivity index (χ0v) is 6.55. The van der Waals surface area contributed by atoms with Crippen molar-refractivity contribution in [2.75, 3.05) is 0 Å². The molecule has 2 heteroatoms. The van der Waals surface area contributed by atoms with Gasteiger partial charge < -0.3 is 5.92 Å². The Labute approximate surface area is 51.4 Å². The van der Waals surface area contributed by atoms with Crippen molar-refractivity contribution in [3.8, 4) is 0 Å². The van der Waals surface area contributed by atoms with Crippen LogP contribution in [-0.4, -0.2) is 0 Å². The van der Waals surface area contributed by atoms with E-state index in [4.69, 9.17) is 3.25 Å². The molecule has 0 aliphatic carbocycles. The minimum atomic E-state index is 0.500. The summed E-state index contributed by atoms with van der Waals surface area (Å²) in [5.41, 5.74) is 0. The Morgan fingerprint density at radius 1 is 1.17 bits per heavy atom. The van der Waals surface area contributed by atoms with Gasteiger partial charge in [-0.1, -0.05) is 0 Å². The molecule has 0 N–H and O–H groups in total. The van der Waals surface area contributed by atoms with Crippen molar-refractivity contribution in [3.05, 3.63) is 5.92 Å². The van der Waals surface area contributed by atoms with Crippen molar-refractivity contribution >= 4 is 0 Å². The van der Waals surface area contributed by atoms with Crippen molar-refractivity contribution < 1.29 is 24.3 Å². The Bertz CT molecular complexity index is 18.8.